The highest BCUT2D eigenvalue weighted by Crippen LogP contribution is 2.20. The molecule has 0 saturated carbocycles. The van der Waals surface area contributed by atoms with Crippen LogP contribution in [0.3, 0.4) is 0 Å². The number of carbonyl (C=O) groups is 2. The van der Waals surface area contributed by atoms with Gasteiger partial charge in [-0.3, -0.25) is 14.0 Å². The predicted molar refractivity (Wildman–Crippen MR) is 80.7 cm³/mol. The third kappa shape index (κ3) is 3.06. The average molecular weight is 320 g/mol. The Morgan fingerprint density at radius 1 is 1.27 bits per heavy atom. The van der Waals surface area contributed by atoms with Crippen molar-refractivity contribution in [2.24, 2.45) is 5.92 Å². The number of likely N-dealkylation sites (tertiary alicyclic amines) is 1. The number of amides is 1. The summed E-state index contributed by atoms with van der Waals surface area (Å²) in [6.07, 6.45) is 2.92. The molecule has 3 rings (SSSR count). The summed E-state index contributed by atoms with van der Waals surface area (Å²) in [6, 6.07) is 5.63. The first kappa shape index (κ1) is 14.8. The monoisotopic (exact) mass is 320 g/mol. The molecule has 1 amide bonds. The lowest BCUT2D eigenvalue weighted by molar-refractivity contribution is -0.145. The van der Waals surface area contributed by atoms with Crippen molar-refractivity contribution < 1.29 is 14.7 Å². The van der Waals surface area contributed by atoms with Gasteiger partial charge in [0.1, 0.15) is 0 Å². The van der Waals surface area contributed by atoms with Gasteiger partial charge in [-0.2, -0.15) is 0 Å². The number of carboxylic acids is 1. The van der Waals surface area contributed by atoms with Crippen molar-refractivity contribution in [3.8, 4) is 0 Å². The van der Waals surface area contributed by atoms with E-state index >= 15 is 0 Å². The molecular weight excluding hydrogens is 304 g/mol. The Bertz CT molecular complexity index is 694. The summed E-state index contributed by atoms with van der Waals surface area (Å²) in [6.45, 7) is 1.02. The molecule has 0 atom stereocenters. The first-order valence-electron chi connectivity index (χ1n) is 7.08. The molecule has 1 saturated heterocycles. The van der Waals surface area contributed by atoms with E-state index in [1.807, 2.05) is 28.8 Å². The Hall–Kier alpha value is -2.09. The van der Waals surface area contributed by atoms with Gasteiger partial charge in [-0.05, 0) is 25.0 Å². The summed E-state index contributed by atoms with van der Waals surface area (Å²) in [5, 5.41) is 17.8. The summed E-state index contributed by atoms with van der Waals surface area (Å²) < 4.78 is 1.84. The van der Waals surface area contributed by atoms with E-state index in [0.29, 0.717) is 31.1 Å². The number of nitrogens with zero attached hydrogens (tertiary/aromatic N) is 4. The smallest absolute Gasteiger partial charge is 0.306 e. The molecule has 3 heterocycles. The number of carboxylic acid groups (broad SMARTS) is 1. The fourth-order valence-electron chi connectivity index (χ4n) is 2.51. The molecule has 2 aromatic rings. The molecule has 22 heavy (non-hydrogen) atoms. The van der Waals surface area contributed by atoms with Crippen LogP contribution in [-0.4, -0.2) is 55.3 Å². The molecule has 0 aromatic carbocycles. The molecule has 8 heteroatoms. The van der Waals surface area contributed by atoms with Crippen LogP contribution in [0.4, 0.5) is 0 Å². The highest BCUT2D eigenvalue weighted by Gasteiger charge is 2.27. The van der Waals surface area contributed by atoms with Crippen LogP contribution in [0.15, 0.2) is 29.6 Å². The van der Waals surface area contributed by atoms with E-state index in [0.717, 1.165) is 5.65 Å². The van der Waals surface area contributed by atoms with Crippen LogP contribution in [-0.2, 0) is 9.59 Å². The van der Waals surface area contributed by atoms with Crippen LogP contribution < -0.4 is 0 Å². The number of carbonyl (C=O) groups excluding carboxylic acids is 1. The Balaban J connectivity index is 1.56. The van der Waals surface area contributed by atoms with Gasteiger partial charge in [0.25, 0.3) is 0 Å². The minimum atomic E-state index is -0.767. The molecule has 0 spiro atoms. The number of piperidine rings is 1. The Morgan fingerprint density at radius 2 is 2.05 bits per heavy atom. The third-order valence-electron chi connectivity index (χ3n) is 3.80. The van der Waals surface area contributed by atoms with Crippen molar-refractivity contribution >= 4 is 29.3 Å². The molecule has 2 aromatic heterocycles. The van der Waals surface area contributed by atoms with Crippen LogP contribution >= 0.6 is 11.8 Å². The maximum atomic E-state index is 12.2. The van der Waals surface area contributed by atoms with Crippen molar-refractivity contribution in [1.82, 2.24) is 19.5 Å². The van der Waals surface area contributed by atoms with Gasteiger partial charge < -0.3 is 10.0 Å². The van der Waals surface area contributed by atoms with Crippen LogP contribution in [0.25, 0.3) is 5.65 Å². The van der Waals surface area contributed by atoms with Crippen molar-refractivity contribution in [3.63, 3.8) is 0 Å². The minimum absolute atomic E-state index is 0.0153. The third-order valence-corrected chi connectivity index (χ3v) is 4.73. The van der Waals surface area contributed by atoms with Gasteiger partial charge in [0.05, 0.1) is 11.7 Å². The lowest BCUT2D eigenvalue weighted by Crippen LogP contribution is -2.41. The van der Waals surface area contributed by atoms with E-state index in [-0.39, 0.29) is 17.6 Å². The summed E-state index contributed by atoms with van der Waals surface area (Å²) in [4.78, 5) is 24.8. The molecule has 0 bridgehead atoms. The molecule has 0 radical (unpaired) electrons. The molecule has 1 N–H and O–H groups in total. The van der Waals surface area contributed by atoms with Gasteiger partial charge >= 0.3 is 5.97 Å². The molecule has 7 nitrogen and oxygen atoms in total. The van der Waals surface area contributed by atoms with Crippen LogP contribution in [0.2, 0.25) is 0 Å². The van der Waals surface area contributed by atoms with E-state index < -0.39 is 5.97 Å². The standard InChI is InChI=1S/C14H16N4O3S/c19-12(17-7-4-10(5-8-17)13(20)21)9-22-14-16-15-11-3-1-2-6-18(11)14/h1-3,6,10H,4-5,7-9H2,(H,20,21). The first-order valence-corrected chi connectivity index (χ1v) is 8.07. The molecule has 116 valence electrons. The highest BCUT2D eigenvalue weighted by atomic mass is 32.2. The largest absolute Gasteiger partial charge is 0.481 e. The summed E-state index contributed by atoms with van der Waals surface area (Å²) in [5.41, 5.74) is 0.750. The van der Waals surface area contributed by atoms with E-state index in [4.69, 9.17) is 5.11 Å². The van der Waals surface area contributed by atoms with Crippen molar-refractivity contribution in [3.05, 3.63) is 24.4 Å². The minimum Gasteiger partial charge on any atom is -0.481 e. The van der Waals surface area contributed by atoms with Gasteiger partial charge in [0.2, 0.25) is 5.91 Å². The SMILES string of the molecule is O=C(O)C1CCN(C(=O)CSc2nnc3ccccn23)CC1. The molecule has 0 aliphatic carbocycles. The Morgan fingerprint density at radius 3 is 2.77 bits per heavy atom. The van der Waals surface area contributed by atoms with Crippen LogP contribution in [0.1, 0.15) is 12.8 Å². The molecule has 1 fully saturated rings. The van der Waals surface area contributed by atoms with E-state index in [9.17, 15) is 9.59 Å². The van der Waals surface area contributed by atoms with E-state index in [2.05, 4.69) is 10.2 Å². The maximum absolute atomic E-state index is 12.2. The fourth-order valence-corrected chi connectivity index (χ4v) is 3.34. The second-order valence-electron chi connectivity index (χ2n) is 5.19. The van der Waals surface area contributed by atoms with Crippen LogP contribution in [0.5, 0.6) is 0 Å². The van der Waals surface area contributed by atoms with Gasteiger partial charge in [-0.1, -0.05) is 17.8 Å². The number of hydrogen-bond donors (Lipinski definition) is 1. The number of aromatic nitrogens is 3. The topological polar surface area (TPSA) is 87.8 Å². The quantitative estimate of drug-likeness (QED) is 0.850. The second kappa shape index (κ2) is 6.35. The van der Waals surface area contributed by atoms with Crippen molar-refractivity contribution in [2.45, 2.75) is 18.0 Å². The summed E-state index contributed by atoms with van der Waals surface area (Å²) in [5.74, 6) is -0.789. The number of rotatable bonds is 4. The van der Waals surface area contributed by atoms with E-state index in [1.165, 1.54) is 11.8 Å². The lowest BCUT2D eigenvalue weighted by Gasteiger charge is -2.29. The summed E-state index contributed by atoms with van der Waals surface area (Å²) >= 11 is 1.35. The van der Waals surface area contributed by atoms with Gasteiger partial charge in [0.15, 0.2) is 10.8 Å². The average Bonchev–Trinajstić information content (AvgIpc) is 2.96. The number of fused-ring (bicyclic) bond motifs is 1. The Labute approximate surface area is 131 Å². The van der Waals surface area contributed by atoms with Crippen molar-refractivity contribution in [2.75, 3.05) is 18.8 Å². The Kier molecular flexibility index (Phi) is 4.28. The van der Waals surface area contributed by atoms with Crippen molar-refractivity contribution in [1.29, 1.82) is 0 Å². The molecule has 0 unspecified atom stereocenters. The van der Waals surface area contributed by atoms with Gasteiger partial charge in [0, 0.05) is 19.3 Å². The van der Waals surface area contributed by atoms with Gasteiger partial charge in [-0.25, -0.2) is 0 Å². The maximum Gasteiger partial charge on any atom is 0.306 e. The molecular formula is C14H16N4O3S. The second-order valence-corrected chi connectivity index (χ2v) is 6.14. The molecule has 1 aliphatic heterocycles. The summed E-state index contributed by atoms with van der Waals surface area (Å²) in [7, 11) is 0. The predicted octanol–water partition coefficient (Wildman–Crippen LogP) is 1.14. The molecule has 1 aliphatic rings. The first-order chi connectivity index (χ1) is 10.6. The van der Waals surface area contributed by atoms with E-state index in [1.54, 1.807) is 4.90 Å². The number of thioether (sulfide) groups is 1. The van der Waals surface area contributed by atoms with Gasteiger partial charge in [-0.15, -0.1) is 10.2 Å². The zero-order valence-corrected chi connectivity index (χ0v) is 12.7. The normalized spacial score (nSPS) is 16.1. The number of pyridine rings is 1. The lowest BCUT2D eigenvalue weighted by atomic mass is 9.97. The zero-order chi connectivity index (χ0) is 15.5. The fraction of sp³-hybridized carbons (Fsp3) is 0.429. The van der Waals surface area contributed by atoms with Crippen LogP contribution in [0, 0.1) is 5.92 Å². The number of aliphatic carboxylic acids is 1. The zero-order valence-electron chi connectivity index (χ0n) is 11.9. The number of hydrogen-bond acceptors (Lipinski definition) is 5. The highest BCUT2D eigenvalue weighted by molar-refractivity contribution is 7.99.